The molecule has 0 heterocycles. The van der Waals surface area contributed by atoms with Gasteiger partial charge in [0.1, 0.15) is 12.1 Å². The molecule has 0 aliphatic carbocycles. The van der Waals surface area contributed by atoms with Gasteiger partial charge in [-0.3, -0.25) is 9.69 Å². The average Bonchev–Trinajstić information content (AvgIpc) is 2.41. The van der Waals surface area contributed by atoms with Crippen molar-refractivity contribution in [1.29, 1.82) is 0 Å². The molecule has 1 aromatic carbocycles. The van der Waals surface area contributed by atoms with Crippen molar-refractivity contribution >= 4 is 27.6 Å². The van der Waals surface area contributed by atoms with Crippen LogP contribution < -0.4 is 4.90 Å². The Balaban J connectivity index is 3.13. The Morgan fingerprint density at radius 2 is 1.65 bits per heavy atom. The molecule has 0 unspecified atom stereocenters. The molecule has 128 valence electrons. The summed E-state index contributed by atoms with van der Waals surface area (Å²) in [6, 6.07) is 5.59. The number of nitrogens with zero attached hydrogens (tertiary/aromatic N) is 1. The summed E-state index contributed by atoms with van der Waals surface area (Å²) in [6.45, 7) is 4.76. The third-order valence-corrected chi connectivity index (χ3v) is 3.83. The SMILES string of the molecule is COC(=O)CN(C(=O)OC(C)(C)C)c1ccc(S(C)(=O)=O)cc1. The number of carbonyl (C=O) groups excluding carboxylic acids is 2. The van der Waals surface area contributed by atoms with Crippen LogP contribution in [-0.4, -0.2) is 46.0 Å². The third-order valence-electron chi connectivity index (χ3n) is 2.71. The van der Waals surface area contributed by atoms with Gasteiger partial charge in [0.15, 0.2) is 9.84 Å². The highest BCUT2D eigenvalue weighted by Crippen LogP contribution is 2.20. The molecule has 23 heavy (non-hydrogen) atoms. The van der Waals surface area contributed by atoms with Gasteiger partial charge in [-0.25, -0.2) is 13.2 Å². The van der Waals surface area contributed by atoms with Crippen LogP contribution in [0.15, 0.2) is 29.2 Å². The first-order chi connectivity index (χ1) is 10.4. The van der Waals surface area contributed by atoms with Crippen molar-refractivity contribution in [2.75, 3.05) is 24.8 Å². The van der Waals surface area contributed by atoms with E-state index >= 15 is 0 Å². The minimum Gasteiger partial charge on any atom is -0.468 e. The molecule has 0 atom stereocenters. The molecular weight excluding hydrogens is 322 g/mol. The number of esters is 1. The zero-order valence-corrected chi connectivity index (χ0v) is 14.6. The van der Waals surface area contributed by atoms with Crippen LogP contribution in [0.25, 0.3) is 0 Å². The monoisotopic (exact) mass is 343 g/mol. The minimum atomic E-state index is -3.35. The number of ether oxygens (including phenoxy) is 2. The van der Waals surface area contributed by atoms with Gasteiger partial charge in [0.2, 0.25) is 0 Å². The number of sulfone groups is 1. The fraction of sp³-hybridized carbons (Fsp3) is 0.467. The third kappa shape index (κ3) is 5.90. The second-order valence-corrected chi connectivity index (χ2v) is 7.92. The van der Waals surface area contributed by atoms with Gasteiger partial charge in [-0.2, -0.15) is 0 Å². The summed E-state index contributed by atoms with van der Waals surface area (Å²) >= 11 is 0. The molecule has 8 heteroatoms. The molecule has 1 rings (SSSR count). The predicted molar refractivity (Wildman–Crippen MR) is 85.1 cm³/mol. The fourth-order valence-electron chi connectivity index (χ4n) is 1.65. The van der Waals surface area contributed by atoms with Crippen molar-refractivity contribution in [3.05, 3.63) is 24.3 Å². The smallest absolute Gasteiger partial charge is 0.415 e. The number of amides is 1. The van der Waals surface area contributed by atoms with Gasteiger partial charge in [-0.1, -0.05) is 0 Å². The van der Waals surface area contributed by atoms with Gasteiger partial charge in [0, 0.05) is 11.9 Å². The lowest BCUT2D eigenvalue weighted by molar-refractivity contribution is -0.139. The first-order valence-corrected chi connectivity index (χ1v) is 8.70. The molecule has 0 aliphatic rings. The van der Waals surface area contributed by atoms with E-state index in [1.165, 1.54) is 31.4 Å². The van der Waals surface area contributed by atoms with Crippen LogP contribution in [0.4, 0.5) is 10.5 Å². The van der Waals surface area contributed by atoms with Crippen molar-refractivity contribution in [3.8, 4) is 0 Å². The van der Waals surface area contributed by atoms with Crippen LogP contribution in [0, 0.1) is 0 Å². The van der Waals surface area contributed by atoms with Crippen LogP contribution >= 0.6 is 0 Å². The van der Waals surface area contributed by atoms with Crippen LogP contribution in [0.1, 0.15) is 20.8 Å². The summed E-state index contributed by atoms with van der Waals surface area (Å²) < 4.78 is 32.8. The molecule has 0 aliphatic heterocycles. The highest BCUT2D eigenvalue weighted by atomic mass is 32.2. The Hall–Kier alpha value is -2.09. The van der Waals surface area contributed by atoms with Crippen LogP contribution in [0.2, 0.25) is 0 Å². The van der Waals surface area contributed by atoms with Gasteiger partial charge >= 0.3 is 12.1 Å². The first kappa shape index (κ1) is 19.0. The maximum Gasteiger partial charge on any atom is 0.415 e. The molecule has 1 amide bonds. The highest BCUT2D eigenvalue weighted by Gasteiger charge is 2.26. The van der Waals surface area contributed by atoms with Gasteiger partial charge in [0.25, 0.3) is 0 Å². The first-order valence-electron chi connectivity index (χ1n) is 6.81. The number of hydrogen-bond acceptors (Lipinski definition) is 6. The Morgan fingerprint density at radius 1 is 1.13 bits per heavy atom. The van der Waals surface area contributed by atoms with E-state index in [1.54, 1.807) is 20.8 Å². The van der Waals surface area contributed by atoms with Crippen molar-refractivity contribution in [2.24, 2.45) is 0 Å². The lowest BCUT2D eigenvalue weighted by atomic mass is 10.2. The summed E-state index contributed by atoms with van der Waals surface area (Å²) in [5, 5.41) is 0. The molecule has 0 spiro atoms. The standard InChI is InChI=1S/C15H21NO6S/c1-15(2,3)22-14(18)16(10-13(17)21-4)11-6-8-12(9-7-11)23(5,19)20/h6-9H,10H2,1-5H3. The highest BCUT2D eigenvalue weighted by molar-refractivity contribution is 7.90. The van der Waals surface area contributed by atoms with Crippen molar-refractivity contribution in [3.63, 3.8) is 0 Å². The number of carbonyl (C=O) groups is 2. The van der Waals surface area contributed by atoms with E-state index in [0.29, 0.717) is 5.69 Å². The van der Waals surface area contributed by atoms with Crippen molar-refractivity contribution < 1.29 is 27.5 Å². The summed E-state index contributed by atoms with van der Waals surface area (Å²) in [4.78, 5) is 25.0. The second kappa shape index (κ2) is 6.99. The quantitative estimate of drug-likeness (QED) is 0.777. The molecule has 0 N–H and O–H groups in total. The Morgan fingerprint density at radius 3 is 2.04 bits per heavy atom. The largest absolute Gasteiger partial charge is 0.468 e. The second-order valence-electron chi connectivity index (χ2n) is 5.91. The normalized spacial score (nSPS) is 11.7. The van der Waals surface area contributed by atoms with Gasteiger partial charge in [0.05, 0.1) is 12.0 Å². The summed E-state index contributed by atoms with van der Waals surface area (Å²) in [6.07, 6.45) is 0.359. The number of rotatable bonds is 4. The average molecular weight is 343 g/mol. The summed E-state index contributed by atoms with van der Waals surface area (Å²) in [5.74, 6) is -0.622. The van der Waals surface area contributed by atoms with Crippen molar-refractivity contribution in [1.82, 2.24) is 0 Å². The minimum absolute atomic E-state index is 0.114. The van der Waals surface area contributed by atoms with Crippen LogP contribution in [-0.2, 0) is 24.1 Å². The zero-order valence-electron chi connectivity index (χ0n) is 13.8. The lowest BCUT2D eigenvalue weighted by Gasteiger charge is -2.26. The van der Waals surface area contributed by atoms with E-state index in [2.05, 4.69) is 4.74 Å². The Labute approximate surface area is 136 Å². The molecule has 0 saturated heterocycles. The predicted octanol–water partition coefficient (Wildman–Crippen LogP) is 2.00. The van der Waals surface area contributed by atoms with Crippen LogP contribution in [0.3, 0.4) is 0 Å². The molecule has 0 bridgehead atoms. The van der Waals surface area contributed by atoms with Crippen molar-refractivity contribution in [2.45, 2.75) is 31.3 Å². The topological polar surface area (TPSA) is 90.0 Å². The zero-order chi connectivity index (χ0) is 17.8. The van der Waals surface area contributed by atoms with E-state index in [0.717, 1.165) is 11.2 Å². The maximum absolute atomic E-state index is 12.3. The van der Waals surface area contributed by atoms with E-state index in [4.69, 9.17) is 4.74 Å². The Bertz CT molecular complexity index is 673. The van der Waals surface area contributed by atoms with E-state index in [1.807, 2.05) is 0 Å². The molecule has 0 aromatic heterocycles. The van der Waals surface area contributed by atoms with E-state index in [-0.39, 0.29) is 11.4 Å². The Kier molecular flexibility index (Phi) is 5.76. The summed E-state index contributed by atoms with van der Waals surface area (Å²) in [5.41, 5.74) is -0.407. The van der Waals surface area contributed by atoms with E-state index < -0.39 is 27.5 Å². The number of benzene rings is 1. The molecule has 0 fully saturated rings. The molecule has 0 radical (unpaired) electrons. The number of anilines is 1. The van der Waals surface area contributed by atoms with Gasteiger partial charge in [-0.05, 0) is 45.0 Å². The van der Waals surface area contributed by atoms with Crippen LogP contribution in [0.5, 0.6) is 0 Å². The molecule has 0 saturated carbocycles. The van der Waals surface area contributed by atoms with Gasteiger partial charge in [-0.15, -0.1) is 0 Å². The van der Waals surface area contributed by atoms with E-state index in [9.17, 15) is 18.0 Å². The molecular formula is C15H21NO6S. The molecule has 7 nitrogen and oxygen atoms in total. The van der Waals surface area contributed by atoms with Gasteiger partial charge < -0.3 is 9.47 Å². The summed E-state index contributed by atoms with van der Waals surface area (Å²) in [7, 11) is -2.14. The molecule has 1 aromatic rings. The fourth-order valence-corrected chi connectivity index (χ4v) is 2.28. The number of hydrogen-bond donors (Lipinski definition) is 0. The maximum atomic E-state index is 12.3. The lowest BCUT2D eigenvalue weighted by Crippen LogP contribution is -2.40. The number of methoxy groups -OCH3 is 1.